The number of hydrogen-bond donors (Lipinski definition) is 0. The highest BCUT2D eigenvalue weighted by Gasteiger charge is 2.07. The lowest BCUT2D eigenvalue weighted by Crippen LogP contribution is -2.33. The lowest BCUT2D eigenvalue weighted by molar-refractivity contribution is -0.884. The van der Waals surface area contributed by atoms with Gasteiger partial charge in [-0.1, -0.05) is 89.0 Å². The summed E-state index contributed by atoms with van der Waals surface area (Å²) in [5.74, 6) is -1.08. The molecule has 164 valence electrons. The Labute approximate surface area is 180 Å². The molecule has 0 saturated carbocycles. The van der Waals surface area contributed by atoms with Crippen molar-refractivity contribution in [2.45, 2.75) is 91.0 Å². The van der Waals surface area contributed by atoms with Crippen LogP contribution in [0.4, 0.5) is 0 Å². The Bertz CT molecular complexity index is 476. The molecule has 0 N–H and O–H groups in total. The molecule has 0 spiro atoms. The van der Waals surface area contributed by atoms with E-state index in [0.29, 0.717) is 0 Å². The predicted molar refractivity (Wildman–Crippen MR) is 122 cm³/mol. The zero-order valence-corrected chi connectivity index (χ0v) is 19.8. The number of benzene rings is 1. The summed E-state index contributed by atoms with van der Waals surface area (Å²) in [4.78, 5) is 8.89. The first kappa shape index (κ1) is 29.1. The van der Waals surface area contributed by atoms with Crippen molar-refractivity contribution in [3.8, 4) is 0 Å². The summed E-state index contributed by atoms with van der Waals surface area (Å²) in [6.07, 6.45) is 15.4. The van der Waals surface area contributed by atoms with Gasteiger partial charge in [0.05, 0.1) is 21.1 Å². The minimum absolute atomic E-state index is 0. The monoisotopic (exact) mass is 413 g/mol. The normalized spacial score (nSPS) is 10.6. The standard InChI is InChI=1S/C22H40N.C2H4O2.ClH/c1-5-6-7-8-9-10-11-12-13-14-15-21-16-18-22(19-17-21)20-23(2,3)4;1-2(3)4;/h16-19H,5-15,20H2,1-4H3;1H3,(H,3,4);1H/q+1;;/p-1. The van der Waals surface area contributed by atoms with Crippen LogP contribution < -0.4 is 5.11 Å². The highest BCUT2D eigenvalue weighted by Crippen LogP contribution is 2.14. The molecule has 0 unspecified atom stereocenters. The van der Waals surface area contributed by atoms with Gasteiger partial charge in [0.1, 0.15) is 6.54 Å². The lowest BCUT2D eigenvalue weighted by atomic mass is 10.0. The number of unbranched alkanes of at least 4 members (excludes halogenated alkanes) is 9. The molecule has 0 heterocycles. The van der Waals surface area contributed by atoms with Crippen molar-refractivity contribution in [2.75, 3.05) is 21.1 Å². The number of hydrogen-bond acceptors (Lipinski definition) is 2. The predicted octanol–water partition coefficient (Wildman–Crippen LogP) is 5.53. The van der Waals surface area contributed by atoms with Gasteiger partial charge in [-0.3, -0.25) is 0 Å². The SMILES string of the molecule is CC(=O)[O-].CCCCCCCCCCCCc1ccc(C[N+](C)(C)C)cc1.Cl. The van der Waals surface area contributed by atoms with Crippen LogP contribution in [0.2, 0.25) is 0 Å². The molecule has 0 aromatic heterocycles. The second-order valence-electron chi connectivity index (χ2n) is 8.69. The quantitative estimate of drug-likeness (QED) is 0.315. The maximum absolute atomic E-state index is 8.89. The molecular formula is C24H44ClNO2. The fourth-order valence-electron chi connectivity index (χ4n) is 3.18. The summed E-state index contributed by atoms with van der Waals surface area (Å²) in [5.41, 5.74) is 2.96. The number of carboxylic acids is 1. The molecule has 1 aromatic carbocycles. The number of nitrogens with zero attached hydrogens (tertiary/aromatic N) is 1. The molecule has 4 heteroatoms. The first-order valence-corrected chi connectivity index (χ1v) is 10.8. The number of aryl methyl sites for hydroxylation is 1. The Morgan fingerprint density at radius 3 is 1.54 bits per heavy atom. The van der Waals surface area contributed by atoms with Crippen LogP contribution in [-0.2, 0) is 17.8 Å². The van der Waals surface area contributed by atoms with E-state index in [2.05, 4.69) is 52.3 Å². The first-order valence-electron chi connectivity index (χ1n) is 10.8. The Morgan fingerprint density at radius 1 is 0.786 bits per heavy atom. The van der Waals surface area contributed by atoms with E-state index in [1.165, 1.54) is 81.8 Å². The van der Waals surface area contributed by atoms with Crippen LogP contribution in [0, 0.1) is 0 Å². The van der Waals surface area contributed by atoms with E-state index >= 15 is 0 Å². The number of aliphatic carboxylic acids is 1. The van der Waals surface area contributed by atoms with E-state index < -0.39 is 5.97 Å². The van der Waals surface area contributed by atoms with Crippen LogP contribution in [0.25, 0.3) is 0 Å². The average molecular weight is 414 g/mol. The van der Waals surface area contributed by atoms with Crippen molar-refractivity contribution >= 4 is 18.4 Å². The lowest BCUT2D eigenvalue weighted by Gasteiger charge is -2.23. The van der Waals surface area contributed by atoms with Crippen molar-refractivity contribution in [3.63, 3.8) is 0 Å². The molecule has 0 saturated heterocycles. The first-order chi connectivity index (χ1) is 12.7. The van der Waals surface area contributed by atoms with Gasteiger partial charge >= 0.3 is 0 Å². The zero-order chi connectivity index (χ0) is 20.5. The van der Waals surface area contributed by atoms with E-state index in [4.69, 9.17) is 9.90 Å². The summed E-state index contributed by atoms with van der Waals surface area (Å²) in [7, 11) is 6.74. The summed E-state index contributed by atoms with van der Waals surface area (Å²) in [6, 6.07) is 9.29. The van der Waals surface area contributed by atoms with Gasteiger partial charge < -0.3 is 14.4 Å². The number of carbonyl (C=O) groups is 1. The molecule has 0 amide bonds. The van der Waals surface area contributed by atoms with Crippen LogP contribution >= 0.6 is 12.4 Å². The largest absolute Gasteiger partial charge is 0.550 e. The number of carbonyl (C=O) groups excluding carboxylic acids is 1. The smallest absolute Gasteiger partial charge is 0.104 e. The van der Waals surface area contributed by atoms with Gasteiger partial charge in [0, 0.05) is 11.5 Å². The number of rotatable bonds is 13. The summed E-state index contributed by atoms with van der Waals surface area (Å²) >= 11 is 0. The van der Waals surface area contributed by atoms with Crippen molar-refractivity contribution in [1.29, 1.82) is 0 Å². The molecule has 0 atom stereocenters. The highest BCUT2D eigenvalue weighted by atomic mass is 35.5. The Balaban J connectivity index is 0. The molecule has 0 aliphatic heterocycles. The molecule has 0 aliphatic carbocycles. The minimum Gasteiger partial charge on any atom is -0.550 e. The Hall–Kier alpha value is -1.06. The third kappa shape index (κ3) is 21.2. The van der Waals surface area contributed by atoms with E-state index in [1.807, 2.05) is 0 Å². The van der Waals surface area contributed by atoms with E-state index in [0.717, 1.165) is 18.0 Å². The van der Waals surface area contributed by atoms with Gasteiger partial charge in [-0.2, -0.15) is 0 Å². The van der Waals surface area contributed by atoms with Crippen LogP contribution in [-0.4, -0.2) is 31.6 Å². The molecular weight excluding hydrogens is 370 g/mol. The van der Waals surface area contributed by atoms with Crippen LogP contribution in [0.1, 0.15) is 89.2 Å². The van der Waals surface area contributed by atoms with E-state index in [9.17, 15) is 0 Å². The number of quaternary nitrogens is 1. The van der Waals surface area contributed by atoms with Crippen molar-refractivity contribution in [3.05, 3.63) is 35.4 Å². The molecule has 0 bridgehead atoms. The molecule has 0 radical (unpaired) electrons. The third-order valence-corrected chi connectivity index (χ3v) is 4.50. The summed E-state index contributed by atoms with van der Waals surface area (Å²) in [6.45, 7) is 4.37. The Morgan fingerprint density at radius 2 is 1.14 bits per heavy atom. The van der Waals surface area contributed by atoms with Crippen molar-refractivity contribution < 1.29 is 14.4 Å². The minimum atomic E-state index is -1.08. The third-order valence-electron chi connectivity index (χ3n) is 4.50. The van der Waals surface area contributed by atoms with Crippen molar-refractivity contribution in [2.24, 2.45) is 0 Å². The Kier molecular flexibility index (Phi) is 18.7. The molecule has 1 rings (SSSR count). The topological polar surface area (TPSA) is 40.1 Å². The number of carboxylic acid groups (broad SMARTS) is 1. The van der Waals surface area contributed by atoms with Gasteiger partial charge in [-0.15, -0.1) is 12.4 Å². The average Bonchev–Trinajstić information content (AvgIpc) is 2.56. The van der Waals surface area contributed by atoms with Gasteiger partial charge in [-0.05, 0) is 25.3 Å². The molecule has 0 fully saturated rings. The van der Waals surface area contributed by atoms with E-state index in [1.54, 1.807) is 0 Å². The van der Waals surface area contributed by atoms with Gasteiger partial charge in [0.2, 0.25) is 0 Å². The molecule has 3 nitrogen and oxygen atoms in total. The summed E-state index contributed by atoms with van der Waals surface area (Å²) in [5, 5.41) is 8.89. The van der Waals surface area contributed by atoms with Crippen LogP contribution in [0.15, 0.2) is 24.3 Å². The van der Waals surface area contributed by atoms with Gasteiger partial charge in [0.15, 0.2) is 0 Å². The maximum Gasteiger partial charge on any atom is 0.104 e. The van der Waals surface area contributed by atoms with Gasteiger partial charge in [-0.25, -0.2) is 0 Å². The molecule has 28 heavy (non-hydrogen) atoms. The van der Waals surface area contributed by atoms with Crippen LogP contribution in [0.3, 0.4) is 0 Å². The second-order valence-corrected chi connectivity index (χ2v) is 8.69. The van der Waals surface area contributed by atoms with Crippen molar-refractivity contribution in [1.82, 2.24) is 0 Å². The second kappa shape index (κ2) is 18.0. The van der Waals surface area contributed by atoms with Crippen LogP contribution in [0.5, 0.6) is 0 Å². The fourth-order valence-corrected chi connectivity index (χ4v) is 3.18. The number of halogens is 1. The zero-order valence-electron chi connectivity index (χ0n) is 19.0. The molecule has 0 aliphatic rings. The van der Waals surface area contributed by atoms with E-state index in [-0.39, 0.29) is 12.4 Å². The van der Waals surface area contributed by atoms with Gasteiger partial charge in [0.25, 0.3) is 0 Å². The maximum atomic E-state index is 8.89. The fraction of sp³-hybridized carbons (Fsp3) is 0.708. The molecule has 1 aromatic rings. The summed E-state index contributed by atoms with van der Waals surface area (Å²) < 4.78 is 0.998. The highest BCUT2D eigenvalue weighted by molar-refractivity contribution is 5.85.